The minimum Gasteiger partial charge on any atom is -0.489 e. The third kappa shape index (κ3) is 7.47. The van der Waals surface area contributed by atoms with E-state index in [0.29, 0.717) is 19.3 Å². The molecule has 0 aliphatic carbocycles. The van der Waals surface area contributed by atoms with E-state index in [1.54, 1.807) is 0 Å². The Hall–Kier alpha value is -1.80. The lowest BCUT2D eigenvalue weighted by molar-refractivity contribution is 0.0263. The van der Waals surface area contributed by atoms with Gasteiger partial charge >= 0.3 is 0 Å². The first-order valence-corrected chi connectivity index (χ1v) is 10.7. The molecule has 0 bridgehead atoms. The van der Waals surface area contributed by atoms with Gasteiger partial charge in [-0.1, -0.05) is 42.5 Å². The number of rotatable bonds is 8. The minimum absolute atomic E-state index is 0. The average molecular weight is 523 g/mol. The lowest BCUT2D eigenvalue weighted by Gasteiger charge is -2.34. The highest BCUT2D eigenvalue weighted by Gasteiger charge is 2.21. The SMILES string of the molecule is CCNC(=NCc1ccccc1COc1ccccc1)N1CCC(OCC)CC1.I. The molecular weight excluding hydrogens is 489 g/mol. The molecule has 1 N–H and O–H groups in total. The first-order valence-electron chi connectivity index (χ1n) is 10.7. The van der Waals surface area contributed by atoms with E-state index in [2.05, 4.69) is 48.3 Å². The molecule has 6 heteroatoms. The van der Waals surface area contributed by atoms with Crippen molar-refractivity contribution >= 4 is 29.9 Å². The van der Waals surface area contributed by atoms with Crippen LogP contribution in [0.25, 0.3) is 0 Å². The number of guanidine groups is 1. The maximum atomic E-state index is 5.95. The number of piperidine rings is 1. The van der Waals surface area contributed by atoms with Gasteiger partial charge in [0, 0.05) is 26.2 Å². The lowest BCUT2D eigenvalue weighted by atomic mass is 10.1. The van der Waals surface area contributed by atoms with Gasteiger partial charge in [-0.15, -0.1) is 24.0 Å². The second kappa shape index (κ2) is 13.5. The smallest absolute Gasteiger partial charge is 0.194 e. The Balaban J connectivity index is 0.00000320. The van der Waals surface area contributed by atoms with Crippen LogP contribution in [0, 0.1) is 0 Å². The third-order valence-corrected chi connectivity index (χ3v) is 5.13. The Bertz CT molecular complexity index is 762. The fourth-order valence-corrected chi connectivity index (χ4v) is 3.59. The fourth-order valence-electron chi connectivity index (χ4n) is 3.59. The zero-order chi connectivity index (χ0) is 20.3. The number of likely N-dealkylation sites (tertiary alicyclic amines) is 1. The third-order valence-electron chi connectivity index (χ3n) is 5.13. The molecule has 1 aliphatic rings. The van der Waals surface area contributed by atoms with E-state index in [9.17, 15) is 0 Å². The summed E-state index contributed by atoms with van der Waals surface area (Å²) in [6.07, 6.45) is 2.49. The van der Waals surface area contributed by atoms with Crippen molar-refractivity contribution < 1.29 is 9.47 Å². The summed E-state index contributed by atoms with van der Waals surface area (Å²) in [5, 5.41) is 3.45. The van der Waals surface area contributed by atoms with Crippen molar-refractivity contribution in [2.75, 3.05) is 26.2 Å². The number of halogens is 1. The number of nitrogens with zero attached hydrogens (tertiary/aromatic N) is 2. The Kier molecular flexibility index (Phi) is 11.0. The van der Waals surface area contributed by atoms with Crippen LogP contribution in [0.3, 0.4) is 0 Å². The standard InChI is InChI=1S/C24H33N3O2.HI/c1-3-25-24(27-16-14-23(15-17-27)28-4-2)26-18-20-10-8-9-11-21(20)19-29-22-12-6-5-7-13-22;/h5-13,23H,3-4,14-19H2,1-2H3,(H,25,26);1H. The average Bonchev–Trinajstić information content (AvgIpc) is 2.77. The number of hydrogen-bond acceptors (Lipinski definition) is 3. The van der Waals surface area contributed by atoms with Crippen molar-refractivity contribution in [2.45, 2.75) is 45.9 Å². The first-order chi connectivity index (χ1) is 14.3. The summed E-state index contributed by atoms with van der Waals surface area (Å²) < 4.78 is 11.7. The van der Waals surface area contributed by atoms with Crippen LogP contribution < -0.4 is 10.1 Å². The van der Waals surface area contributed by atoms with Crippen LogP contribution in [0.15, 0.2) is 59.6 Å². The number of aliphatic imine (C=N–C) groups is 1. The van der Waals surface area contributed by atoms with Gasteiger partial charge in [-0.05, 0) is 49.9 Å². The number of para-hydroxylation sites is 1. The molecule has 0 saturated carbocycles. The Labute approximate surface area is 197 Å². The monoisotopic (exact) mass is 523 g/mol. The van der Waals surface area contributed by atoms with E-state index in [1.165, 1.54) is 11.1 Å². The van der Waals surface area contributed by atoms with Crippen LogP contribution in [0.2, 0.25) is 0 Å². The highest BCUT2D eigenvalue weighted by atomic mass is 127. The summed E-state index contributed by atoms with van der Waals surface area (Å²) in [6.45, 7) is 8.99. The van der Waals surface area contributed by atoms with Gasteiger partial charge in [0.05, 0.1) is 12.6 Å². The van der Waals surface area contributed by atoms with Crippen LogP contribution in [-0.2, 0) is 17.9 Å². The quantitative estimate of drug-likeness (QED) is 0.305. The molecule has 1 aliphatic heterocycles. The van der Waals surface area contributed by atoms with Crippen molar-refractivity contribution in [3.05, 3.63) is 65.7 Å². The molecule has 5 nitrogen and oxygen atoms in total. The van der Waals surface area contributed by atoms with Gasteiger partial charge in [-0.25, -0.2) is 4.99 Å². The Morgan fingerprint density at radius 2 is 1.67 bits per heavy atom. The van der Waals surface area contributed by atoms with Gasteiger partial charge < -0.3 is 19.7 Å². The normalized spacial score (nSPS) is 14.9. The molecule has 30 heavy (non-hydrogen) atoms. The van der Waals surface area contributed by atoms with Gasteiger partial charge in [0.15, 0.2) is 5.96 Å². The predicted molar refractivity (Wildman–Crippen MR) is 134 cm³/mol. The topological polar surface area (TPSA) is 46.1 Å². The molecule has 2 aromatic carbocycles. The number of benzene rings is 2. The molecule has 0 amide bonds. The van der Waals surface area contributed by atoms with E-state index in [1.807, 2.05) is 30.3 Å². The summed E-state index contributed by atoms with van der Waals surface area (Å²) in [5.74, 6) is 1.87. The zero-order valence-corrected chi connectivity index (χ0v) is 20.4. The first kappa shape index (κ1) is 24.5. The molecule has 3 rings (SSSR count). The summed E-state index contributed by atoms with van der Waals surface area (Å²) in [7, 11) is 0. The molecule has 164 valence electrons. The number of nitrogens with one attached hydrogen (secondary N) is 1. The van der Waals surface area contributed by atoms with E-state index in [-0.39, 0.29) is 24.0 Å². The van der Waals surface area contributed by atoms with E-state index in [0.717, 1.165) is 50.8 Å². The second-order valence-electron chi connectivity index (χ2n) is 7.18. The molecular formula is C24H34IN3O2. The maximum absolute atomic E-state index is 5.95. The van der Waals surface area contributed by atoms with Crippen molar-refractivity contribution in [3.8, 4) is 5.75 Å². The molecule has 0 spiro atoms. The highest BCUT2D eigenvalue weighted by molar-refractivity contribution is 14.0. The van der Waals surface area contributed by atoms with Crippen LogP contribution in [0.5, 0.6) is 5.75 Å². The minimum atomic E-state index is 0. The molecule has 2 aromatic rings. The molecule has 1 fully saturated rings. The lowest BCUT2D eigenvalue weighted by Crippen LogP contribution is -2.47. The van der Waals surface area contributed by atoms with Gasteiger partial charge in [0.1, 0.15) is 12.4 Å². The van der Waals surface area contributed by atoms with Crippen LogP contribution in [0.1, 0.15) is 37.8 Å². The highest BCUT2D eigenvalue weighted by Crippen LogP contribution is 2.17. The van der Waals surface area contributed by atoms with Crippen LogP contribution in [0.4, 0.5) is 0 Å². The maximum Gasteiger partial charge on any atom is 0.194 e. The summed E-state index contributed by atoms with van der Waals surface area (Å²) in [4.78, 5) is 7.28. The van der Waals surface area contributed by atoms with Crippen molar-refractivity contribution in [3.63, 3.8) is 0 Å². The summed E-state index contributed by atoms with van der Waals surface area (Å²) in [5.41, 5.74) is 2.37. The van der Waals surface area contributed by atoms with Gasteiger partial charge in [0.2, 0.25) is 0 Å². The summed E-state index contributed by atoms with van der Waals surface area (Å²) in [6, 6.07) is 18.3. The van der Waals surface area contributed by atoms with Crippen molar-refractivity contribution in [2.24, 2.45) is 4.99 Å². The number of ether oxygens (including phenoxy) is 2. The Morgan fingerprint density at radius 3 is 2.33 bits per heavy atom. The number of hydrogen-bond donors (Lipinski definition) is 1. The molecule has 0 aromatic heterocycles. The van der Waals surface area contributed by atoms with Crippen molar-refractivity contribution in [1.82, 2.24) is 10.2 Å². The molecule has 1 saturated heterocycles. The predicted octanol–water partition coefficient (Wildman–Crippen LogP) is 4.85. The van der Waals surface area contributed by atoms with E-state index in [4.69, 9.17) is 14.5 Å². The van der Waals surface area contributed by atoms with E-state index >= 15 is 0 Å². The molecule has 1 heterocycles. The fraction of sp³-hybridized carbons (Fsp3) is 0.458. The van der Waals surface area contributed by atoms with Gasteiger partial charge in [-0.2, -0.15) is 0 Å². The molecule has 0 unspecified atom stereocenters. The molecule has 0 radical (unpaired) electrons. The largest absolute Gasteiger partial charge is 0.489 e. The summed E-state index contributed by atoms with van der Waals surface area (Å²) >= 11 is 0. The Morgan fingerprint density at radius 1 is 1.00 bits per heavy atom. The van der Waals surface area contributed by atoms with Crippen LogP contribution >= 0.6 is 24.0 Å². The van der Waals surface area contributed by atoms with Gasteiger partial charge in [0.25, 0.3) is 0 Å². The molecule has 0 atom stereocenters. The zero-order valence-electron chi connectivity index (χ0n) is 18.0. The van der Waals surface area contributed by atoms with E-state index < -0.39 is 0 Å². The van der Waals surface area contributed by atoms with Crippen LogP contribution in [-0.4, -0.2) is 43.2 Å². The second-order valence-corrected chi connectivity index (χ2v) is 7.18. The van der Waals surface area contributed by atoms with Crippen molar-refractivity contribution in [1.29, 1.82) is 0 Å². The van der Waals surface area contributed by atoms with Gasteiger partial charge in [-0.3, -0.25) is 0 Å².